The molecule has 0 radical (unpaired) electrons. The zero-order valence-corrected chi connectivity index (χ0v) is 13.4. The minimum absolute atomic E-state index is 0.0256. The molecule has 0 saturated carbocycles. The number of aromatic amines is 1. The van der Waals surface area contributed by atoms with Gasteiger partial charge >= 0.3 is 5.69 Å². The van der Waals surface area contributed by atoms with Crippen LogP contribution in [0.2, 0.25) is 0 Å². The molecule has 3 N–H and O–H groups in total. The van der Waals surface area contributed by atoms with Gasteiger partial charge in [-0.15, -0.1) is 0 Å². The molecule has 0 amide bonds. The number of hydrogen-bond acceptors (Lipinski definition) is 7. The molecule has 1 aliphatic rings. The normalized spacial score (nSPS) is 23.8. The molecule has 1 saturated heterocycles. The molecule has 24 heavy (non-hydrogen) atoms. The Kier molecular flexibility index (Phi) is 5.73. The summed E-state index contributed by atoms with van der Waals surface area (Å²) in [5.41, 5.74) is -0.691. The standard InChI is InChI=1S/C14H19N5O5/c1-3-23-13(16-7-15)17-9-4-11(24-10(9)6-20)19-5-8(2)12(21)18-14(19)22/h5,9-11,20H,3-4,6H2,1-2H3,(H,16,17)(H,18,21,22)/t9-,10+,11+/m0/s1. The molecular formula is C14H19N5O5. The van der Waals surface area contributed by atoms with Gasteiger partial charge in [0.2, 0.25) is 0 Å². The number of aromatic nitrogens is 2. The predicted molar refractivity (Wildman–Crippen MR) is 83.3 cm³/mol. The third-order valence-electron chi connectivity index (χ3n) is 3.57. The van der Waals surface area contributed by atoms with Crippen molar-refractivity contribution in [3.05, 3.63) is 32.6 Å². The van der Waals surface area contributed by atoms with Crippen LogP contribution in [0.1, 0.15) is 25.1 Å². The number of ether oxygens (including phenoxy) is 2. The van der Waals surface area contributed by atoms with Crippen LogP contribution in [0.5, 0.6) is 0 Å². The maximum Gasteiger partial charge on any atom is 0.330 e. The average molecular weight is 337 g/mol. The van der Waals surface area contributed by atoms with Crippen molar-refractivity contribution in [3.63, 3.8) is 0 Å². The molecule has 10 nitrogen and oxygen atoms in total. The van der Waals surface area contributed by atoms with Crippen LogP contribution >= 0.6 is 0 Å². The SMILES string of the molecule is CCOC(=N[C@H]1C[C@H](n2cc(C)c(=O)[nH]c2=O)O[C@@H]1CO)NC#N. The highest BCUT2D eigenvalue weighted by Crippen LogP contribution is 2.29. The molecule has 2 rings (SSSR count). The number of hydrogen-bond donors (Lipinski definition) is 3. The smallest absolute Gasteiger partial charge is 0.330 e. The van der Waals surface area contributed by atoms with Crippen molar-refractivity contribution in [2.45, 2.75) is 38.6 Å². The summed E-state index contributed by atoms with van der Waals surface area (Å²) >= 11 is 0. The third-order valence-corrected chi connectivity index (χ3v) is 3.57. The number of aryl methyl sites for hydroxylation is 1. The van der Waals surface area contributed by atoms with Crippen molar-refractivity contribution in [3.8, 4) is 6.19 Å². The van der Waals surface area contributed by atoms with E-state index in [2.05, 4.69) is 15.3 Å². The largest absolute Gasteiger partial charge is 0.465 e. The molecular weight excluding hydrogens is 318 g/mol. The van der Waals surface area contributed by atoms with Crippen molar-refractivity contribution in [2.24, 2.45) is 4.99 Å². The molecule has 1 fully saturated rings. The molecule has 1 aromatic heterocycles. The van der Waals surface area contributed by atoms with Gasteiger partial charge in [-0.05, 0) is 13.8 Å². The Morgan fingerprint density at radius 1 is 1.67 bits per heavy atom. The van der Waals surface area contributed by atoms with Gasteiger partial charge in [-0.2, -0.15) is 5.26 Å². The van der Waals surface area contributed by atoms with Crippen LogP contribution < -0.4 is 16.6 Å². The van der Waals surface area contributed by atoms with Gasteiger partial charge in [-0.3, -0.25) is 14.3 Å². The van der Waals surface area contributed by atoms with Crippen molar-refractivity contribution in [1.29, 1.82) is 5.26 Å². The zero-order chi connectivity index (χ0) is 17.7. The van der Waals surface area contributed by atoms with E-state index in [9.17, 15) is 14.7 Å². The van der Waals surface area contributed by atoms with Crippen LogP contribution in [-0.4, -0.2) is 46.0 Å². The number of nitrogens with one attached hydrogen (secondary N) is 2. The van der Waals surface area contributed by atoms with Gasteiger partial charge in [0.1, 0.15) is 12.3 Å². The Morgan fingerprint density at radius 2 is 2.42 bits per heavy atom. The van der Waals surface area contributed by atoms with E-state index in [0.717, 1.165) is 0 Å². The first kappa shape index (κ1) is 17.7. The fraction of sp³-hybridized carbons (Fsp3) is 0.571. The number of nitrogens with zero attached hydrogens (tertiary/aromatic N) is 3. The fourth-order valence-corrected chi connectivity index (χ4v) is 2.43. The lowest BCUT2D eigenvalue weighted by Crippen LogP contribution is -2.33. The van der Waals surface area contributed by atoms with E-state index < -0.39 is 29.6 Å². The minimum Gasteiger partial charge on any atom is -0.465 e. The molecule has 1 aliphatic heterocycles. The summed E-state index contributed by atoms with van der Waals surface area (Å²) in [5, 5.41) is 20.5. The summed E-state index contributed by atoms with van der Waals surface area (Å²) < 4.78 is 12.1. The van der Waals surface area contributed by atoms with E-state index in [1.165, 1.54) is 10.8 Å². The Hall–Kier alpha value is -2.64. The van der Waals surface area contributed by atoms with Gasteiger partial charge in [-0.1, -0.05) is 0 Å². The zero-order valence-electron chi connectivity index (χ0n) is 13.4. The summed E-state index contributed by atoms with van der Waals surface area (Å²) in [4.78, 5) is 29.9. The molecule has 0 spiro atoms. The van der Waals surface area contributed by atoms with E-state index in [4.69, 9.17) is 14.7 Å². The lowest BCUT2D eigenvalue weighted by molar-refractivity contribution is -0.0271. The molecule has 0 bridgehead atoms. The highest BCUT2D eigenvalue weighted by Gasteiger charge is 2.37. The second-order valence-electron chi connectivity index (χ2n) is 5.20. The van der Waals surface area contributed by atoms with E-state index in [0.29, 0.717) is 12.2 Å². The average Bonchev–Trinajstić information content (AvgIpc) is 2.94. The molecule has 0 aromatic carbocycles. The van der Waals surface area contributed by atoms with Crippen LogP contribution in [0.15, 0.2) is 20.8 Å². The highest BCUT2D eigenvalue weighted by molar-refractivity contribution is 5.75. The molecule has 0 aliphatic carbocycles. The van der Waals surface area contributed by atoms with Crippen LogP contribution in [-0.2, 0) is 9.47 Å². The van der Waals surface area contributed by atoms with Crippen LogP contribution in [0.25, 0.3) is 0 Å². The van der Waals surface area contributed by atoms with E-state index in [1.807, 2.05) is 0 Å². The highest BCUT2D eigenvalue weighted by atomic mass is 16.5. The Morgan fingerprint density at radius 3 is 3.04 bits per heavy atom. The monoisotopic (exact) mass is 337 g/mol. The topological polar surface area (TPSA) is 142 Å². The maximum atomic E-state index is 12.0. The van der Waals surface area contributed by atoms with Crippen molar-refractivity contribution < 1.29 is 14.6 Å². The van der Waals surface area contributed by atoms with Gasteiger partial charge in [0.05, 0.1) is 19.3 Å². The van der Waals surface area contributed by atoms with Crippen LogP contribution in [0.3, 0.4) is 0 Å². The molecule has 0 unspecified atom stereocenters. The fourth-order valence-electron chi connectivity index (χ4n) is 2.43. The molecule has 3 atom stereocenters. The Labute approximate surface area is 137 Å². The summed E-state index contributed by atoms with van der Waals surface area (Å²) in [6, 6.07) is -0.487. The quantitative estimate of drug-likeness (QED) is 0.275. The predicted octanol–water partition coefficient (Wildman–Crippen LogP) is -1.04. The van der Waals surface area contributed by atoms with Crippen molar-refractivity contribution in [2.75, 3.05) is 13.2 Å². The summed E-state index contributed by atoms with van der Waals surface area (Å²) in [5.74, 6) is 0. The first-order valence-electron chi connectivity index (χ1n) is 7.44. The van der Waals surface area contributed by atoms with Gasteiger partial charge in [-0.25, -0.2) is 15.1 Å². The number of H-pyrrole nitrogens is 1. The van der Waals surface area contributed by atoms with Gasteiger partial charge < -0.3 is 14.6 Å². The minimum atomic E-state index is -0.691. The lowest BCUT2D eigenvalue weighted by atomic mass is 10.1. The van der Waals surface area contributed by atoms with Gasteiger partial charge in [0, 0.05) is 18.2 Å². The third kappa shape index (κ3) is 3.81. The number of amidine groups is 1. The maximum absolute atomic E-state index is 12.0. The number of rotatable bonds is 4. The second-order valence-corrected chi connectivity index (χ2v) is 5.20. The molecule has 1 aromatic rings. The Balaban J connectivity index is 2.28. The second kappa shape index (κ2) is 7.76. The van der Waals surface area contributed by atoms with E-state index in [1.54, 1.807) is 20.0 Å². The van der Waals surface area contributed by atoms with E-state index >= 15 is 0 Å². The Bertz CT molecular complexity index is 762. The van der Waals surface area contributed by atoms with Crippen molar-refractivity contribution >= 4 is 6.02 Å². The van der Waals surface area contributed by atoms with Crippen LogP contribution in [0.4, 0.5) is 0 Å². The first-order valence-corrected chi connectivity index (χ1v) is 7.44. The summed E-state index contributed by atoms with van der Waals surface area (Å²) in [7, 11) is 0. The molecule has 10 heteroatoms. The number of aliphatic hydroxyl groups is 1. The number of aliphatic hydroxyl groups excluding tert-OH is 1. The van der Waals surface area contributed by atoms with Gasteiger partial charge in [0.25, 0.3) is 11.6 Å². The van der Waals surface area contributed by atoms with Gasteiger partial charge in [0.15, 0.2) is 6.19 Å². The van der Waals surface area contributed by atoms with Crippen LogP contribution in [0, 0.1) is 18.4 Å². The molecule has 2 heterocycles. The molecule has 130 valence electrons. The van der Waals surface area contributed by atoms with E-state index in [-0.39, 0.29) is 19.0 Å². The van der Waals surface area contributed by atoms with Crippen molar-refractivity contribution in [1.82, 2.24) is 14.9 Å². The summed E-state index contributed by atoms with van der Waals surface area (Å²) in [6.45, 7) is 3.32. The number of aliphatic imine (C=N–C) groups is 1. The summed E-state index contributed by atoms with van der Waals surface area (Å²) in [6.07, 6.45) is 2.05. The number of nitriles is 1. The lowest BCUT2D eigenvalue weighted by Gasteiger charge is -2.14. The first-order chi connectivity index (χ1) is 11.5.